The van der Waals surface area contributed by atoms with Gasteiger partial charge in [0.05, 0.1) is 17.0 Å². The quantitative estimate of drug-likeness (QED) is 0.491. The summed E-state index contributed by atoms with van der Waals surface area (Å²) in [6, 6.07) is 7.66. The fourth-order valence-corrected chi connectivity index (χ4v) is 6.63. The number of nitrogens with two attached hydrogens (primary N) is 1. The highest BCUT2D eigenvalue weighted by molar-refractivity contribution is 7.89. The zero-order valence-corrected chi connectivity index (χ0v) is 22.4. The lowest BCUT2D eigenvalue weighted by Crippen LogP contribution is -2.52. The van der Waals surface area contributed by atoms with Gasteiger partial charge in [-0.15, -0.1) is 0 Å². The first-order valence-electron chi connectivity index (χ1n) is 12.4. The third-order valence-corrected chi connectivity index (χ3v) is 9.27. The summed E-state index contributed by atoms with van der Waals surface area (Å²) in [5, 5.41) is -0.288. The van der Waals surface area contributed by atoms with E-state index in [1.807, 2.05) is 0 Å². The number of sulfonamides is 1. The van der Waals surface area contributed by atoms with Crippen LogP contribution in [0.3, 0.4) is 0 Å². The molecule has 4 heterocycles. The molecule has 3 aliphatic heterocycles. The molecule has 39 heavy (non-hydrogen) atoms. The fraction of sp³-hybridized carbons (Fsp3) is 0.500. The summed E-state index contributed by atoms with van der Waals surface area (Å²) < 4.78 is 72.7. The third kappa shape index (κ3) is 5.94. The van der Waals surface area contributed by atoms with E-state index in [0.29, 0.717) is 31.2 Å². The molecule has 0 bridgehead atoms. The molecule has 15 heteroatoms. The van der Waals surface area contributed by atoms with Gasteiger partial charge >= 0.3 is 12.3 Å². The van der Waals surface area contributed by atoms with Gasteiger partial charge in [0, 0.05) is 51.5 Å². The van der Waals surface area contributed by atoms with E-state index in [1.54, 1.807) is 17.0 Å². The molecule has 3 fully saturated rings. The Morgan fingerprint density at radius 2 is 1.72 bits per heavy atom. The number of anilines is 2. The van der Waals surface area contributed by atoms with E-state index in [-0.39, 0.29) is 48.1 Å². The van der Waals surface area contributed by atoms with Gasteiger partial charge in [0.25, 0.3) is 0 Å². The number of halogens is 4. The molecule has 1 amide bonds. The number of aromatic nitrogens is 1. The van der Waals surface area contributed by atoms with Crippen LogP contribution in [0.25, 0.3) is 0 Å². The maximum atomic E-state index is 13.2. The van der Waals surface area contributed by atoms with Gasteiger partial charge in [0.2, 0.25) is 10.0 Å². The van der Waals surface area contributed by atoms with Crippen LogP contribution in [0.2, 0.25) is 5.15 Å². The molecule has 3 saturated heterocycles. The zero-order valence-electron chi connectivity index (χ0n) is 20.8. The molecule has 1 atom stereocenters. The van der Waals surface area contributed by atoms with Crippen LogP contribution in [0.1, 0.15) is 5.56 Å². The van der Waals surface area contributed by atoms with Crippen LogP contribution in [0.5, 0.6) is 0 Å². The number of amides is 1. The van der Waals surface area contributed by atoms with Crippen molar-refractivity contribution in [2.24, 2.45) is 11.7 Å². The van der Waals surface area contributed by atoms with E-state index in [2.05, 4.69) is 9.88 Å². The topological polar surface area (TPSA) is 112 Å². The van der Waals surface area contributed by atoms with Crippen LogP contribution < -0.4 is 15.5 Å². The first-order chi connectivity index (χ1) is 18.4. The number of alkyl halides is 3. The average Bonchev–Trinajstić information content (AvgIpc) is 3.25. The summed E-state index contributed by atoms with van der Waals surface area (Å²) in [6.07, 6.45) is -5.34. The standard InChI is InChI=1S/C24H28ClF3N6O4S/c25-21-9-17(24(26,27)28)10-22(30-21)32-5-7-33(8-6-32)39(36,37)20-3-1-18(2-4-20)34-15-19(38-23(34)35)14-31-12-16(11-29)13-31/h1-4,9-10,16,19H,5-8,11-15,29H2. The molecule has 0 spiro atoms. The zero-order chi connectivity index (χ0) is 27.9. The summed E-state index contributed by atoms with van der Waals surface area (Å²) in [5.41, 5.74) is 5.27. The number of rotatable bonds is 7. The minimum atomic E-state index is -4.58. The van der Waals surface area contributed by atoms with E-state index < -0.39 is 27.9 Å². The fourth-order valence-electron chi connectivity index (χ4n) is 5.00. The summed E-state index contributed by atoms with van der Waals surface area (Å²) in [7, 11) is -3.86. The Bertz CT molecular complexity index is 1320. The third-order valence-electron chi connectivity index (χ3n) is 7.16. The van der Waals surface area contributed by atoms with Crippen LogP contribution >= 0.6 is 11.6 Å². The minimum absolute atomic E-state index is 0.0420. The molecule has 212 valence electrons. The second kappa shape index (κ2) is 10.7. The first kappa shape index (κ1) is 27.9. The van der Waals surface area contributed by atoms with Crippen LogP contribution in [0.15, 0.2) is 41.3 Å². The Morgan fingerprint density at radius 1 is 1.05 bits per heavy atom. The van der Waals surface area contributed by atoms with E-state index in [1.165, 1.54) is 21.3 Å². The van der Waals surface area contributed by atoms with E-state index >= 15 is 0 Å². The second-order valence-corrected chi connectivity index (χ2v) is 12.2. The molecule has 1 aromatic heterocycles. The van der Waals surface area contributed by atoms with E-state index in [4.69, 9.17) is 22.1 Å². The van der Waals surface area contributed by atoms with Crippen LogP contribution in [0, 0.1) is 5.92 Å². The number of hydrogen-bond acceptors (Lipinski definition) is 8. The molecule has 1 unspecified atom stereocenters. The molecule has 2 aromatic rings. The van der Waals surface area contributed by atoms with Crippen molar-refractivity contribution in [1.29, 1.82) is 0 Å². The molecule has 5 rings (SSSR count). The number of ether oxygens (including phenoxy) is 1. The summed E-state index contributed by atoms with van der Waals surface area (Å²) in [4.78, 5) is 21.7. The van der Waals surface area contributed by atoms with Crippen molar-refractivity contribution in [3.8, 4) is 0 Å². The highest BCUT2D eigenvalue weighted by Crippen LogP contribution is 2.33. The number of likely N-dealkylation sites (tertiary alicyclic amines) is 1. The van der Waals surface area contributed by atoms with Gasteiger partial charge < -0.3 is 15.4 Å². The van der Waals surface area contributed by atoms with Crippen molar-refractivity contribution in [3.63, 3.8) is 0 Å². The number of cyclic esters (lactones) is 1. The molecular formula is C24H28ClF3N6O4S. The number of carbonyl (C=O) groups is 1. The Hall–Kier alpha value is -2.65. The number of carbonyl (C=O) groups excluding carboxylic acids is 1. The Balaban J connectivity index is 1.20. The number of piperazine rings is 1. The second-order valence-electron chi connectivity index (χ2n) is 9.86. The number of benzene rings is 1. The van der Waals surface area contributed by atoms with Crippen LogP contribution in [0.4, 0.5) is 29.5 Å². The van der Waals surface area contributed by atoms with Crippen LogP contribution in [-0.2, 0) is 20.9 Å². The molecule has 0 aliphatic carbocycles. The predicted octanol–water partition coefficient (Wildman–Crippen LogP) is 2.48. The van der Waals surface area contributed by atoms with E-state index in [9.17, 15) is 26.4 Å². The Labute approximate surface area is 229 Å². The maximum Gasteiger partial charge on any atom is 0.416 e. The molecule has 0 saturated carbocycles. The van der Waals surface area contributed by atoms with Crippen molar-refractivity contribution in [2.45, 2.75) is 17.2 Å². The van der Waals surface area contributed by atoms with Crippen molar-refractivity contribution in [1.82, 2.24) is 14.2 Å². The largest absolute Gasteiger partial charge is 0.443 e. The molecular weight excluding hydrogens is 561 g/mol. The number of nitrogens with zero attached hydrogens (tertiary/aromatic N) is 5. The van der Waals surface area contributed by atoms with Gasteiger partial charge in [-0.1, -0.05) is 11.6 Å². The summed E-state index contributed by atoms with van der Waals surface area (Å²) in [6.45, 7) is 3.80. The van der Waals surface area contributed by atoms with E-state index in [0.717, 1.165) is 25.2 Å². The van der Waals surface area contributed by atoms with Crippen molar-refractivity contribution in [2.75, 3.05) is 68.7 Å². The molecule has 1 aromatic carbocycles. The van der Waals surface area contributed by atoms with Crippen molar-refractivity contribution < 1.29 is 31.1 Å². The van der Waals surface area contributed by atoms with Crippen LogP contribution in [-0.4, -0.2) is 93.7 Å². The van der Waals surface area contributed by atoms with Gasteiger partial charge in [0.15, 0.2) is 0 Å². The number of hydrogen-bond donors (Lipinski definition) is 1. The first-order valence-corrected chi connectivity index (χ1v) is 14.3. The minimum Gasteiger partial charge on any atom is -0.443 e. The number of pyridine rings is 1. The highest BCUT2D eigenvalue weighted by atomic mass is 35.5. The van der Waals surface area contributed by atoms with Crippen molar-refractivity contribution >= 4 is 39.2 Å². The molecule has 2 N–H and O–H groups in total. The lowest BCUT2D eigenvalue weighted by molar-refractivity contribution is -0.137. The average molecular weight is 589 g/mol. The highest BCUT2D eigenvalue weighted by Gasteiger charge is 2.37. The smallest absolute Gasteiger partial charge is 0.416 e. The van der Waals surface area contributed by atoms with Crippen molar-refractivity contribution in [3.05, 3.63) is 47.1 Å². The van der Waals surface area contributed by atoms with Gasteiger partial charge in [0.1, 0.15) is 17.1 Å². The van der Waals surface area contributed by atoms with Gasteiger partial charge in [-0.25, -0.2) is 18.2 Å². The SMILES string of the molecule is NCC1CN(CC2CN(c3ccc(S(=O)(=O)N4CCN(c5cc(C(F)(F)F)cc(Cl)n5)CC4)cc3)C(=O)O2)C1. The monoisotopic (exact) mass is 588 g/mol. The molecule has 10 nitrogen and oxygen atoms in total. The predicted molar refractivity (Wildman–Crippen MR) is 138 cm³/mol. The Kier molecular flexibility index (Phi) is 7.68. The maximum absolute atomic E-state index is 13.2. The van der Waals surface area contributed by atoms with Gasteiger partial charge in [-0.05, 0) is 48.9 Å². The molecule has 0 radical (unpaired) electrons. The van der Waals surface area contributed by atoms with Gasteiger partial charge in [-0.3, -0.25) is 9.80 Å². The van der Waals surface area contributed by atoms with Gasteiger partial charge in [-0.2, -0.15) is 17.5 Å². The molecule has 3 aliphatic rings. The lowest BCUT2D eigenvalue weighted by Gasteiger charge is -2.39. The lowest BCUT2D eigenvalue weighted by atomic mass is 10.0. The summed E-state index contributed by atoms with van der Waals surface area (Å²) in [5.74, 6) is 0.520. The summed E-state index contributed by atoms with van der Waals surface area (Å²) >= 11 is 5.79. The normalized spacial score (nSPS) is 21.8. The Morgan fingerprint density at radius 3 is 2.33 bits per heavy atom.